The summed E-state index contributed by atoms with van der Waals surface area (Å²) in [5.74, 6) is 0. The lowest BCUT2D eigenvalue weighted by atomic mass is 10.1. The minimum absolute atomic E-state index is 0.131. The number of benzene rings is 1. The van der Waals surface area contributed by atoms with Crippen LogP contribution in [0.3, 0.4) is 0 Å². The van der Waals surface area contributed by atoms with Gasteiger partial charge in [0.05, 0.1) is 12.3 Å². The smallest absolute Gasteiger partial charge is 0.330 e. The van der Waals surface area contributed by atoms with Crippen LogP contribution >= 0.6 is 0 Å². The average Bonchev–Trinajstić information content (AvgIpc) is 2.94. The number of rotatable bonds is 3. The van der Waals surface area contributed by atoms with Gasteiger partial charge in [-0.3, -0.25) is 9.13 Å². The molecule has 1 aliphatic heterocycles. The van der Waals surface area contributed by atoms with Gasteiger partial charge in [0.15, 0.2) is 11.3 Å². The predicted molar refractivity (Wildman–Crippen MR) is 111 cm³/mol. The largest absolute Gasteiger partial charge is 0.368 e. The number of hydrogen-bond acceptors (Lipinski definition) is 4. The highest BCUT2D eigenvalue weighted by atomic mass is 16.1. The fraction of sp³-hybridized carbons (Fsp3) is 0.381. The molecule has 3 heterocycles. The number of anilines is 1. The SMILES string of the molecule is [C-]#[N+]c1cc(C)ccc1Cn1c(=O)n(C)c2nccc(N3CCC[C@@H](N)C3)c21. The zero-order valence-corrected chi connectivity index (χ0v) is 16.2. The van der Waals surface area contributed by atoms with Crippen molar-refractivity contribution in [3.05, 3.63) is 63.5 Å². The van der Waals surface area contributed by atoms with Crippen molar-refractivity contribution in [2.75, 3.05) is 18.0 Å². The lowest BCUT2D eigenvalue weighted by Gasteiger charge is -2.33. The Balaban J connectivity index is 1.88. The van der Waals surface area contributed by atoms with Gasteiger partial charge in [-0.1, -0.05) is 23.8 Å². The molecule has 0 saturated carbocycles. The van der Waals surface area contributed by atoms with Gasteiger partial charge in [-0.25, -0.2) is 14.6 Å². The molecule has 0 aliphatic carbocycles. The molecule has 0 amide bonds. The number of nitrogens with two attached hydrogens (primary N) is 1. The van der Waals surface area contributed by atoms with Crippen molar-refractivity contribution in [3.63, 3.8) is 0 Å². The summed E-state index contributed by atoms with van der Waals surface area (Å²) in [4.78, 5) is 23.4. The van der Waals surface area contributed by atoms with E-state index in [0.717, 1.165) is 48.3 Å². The van der Waals surface area contributed by atoms with Crippen LogP contribution in [0.15, 0.2) is 35.3 Å². The van der Waals surface area contributed by atoms with Gasteiger partial charge >= 0.3 is 5.69 Å². The van der Waals surface area contributed by atoms with Crippen molar-refractivity contribution in [1.82, 2.24) is 14.1 Å². The van der Waals surface area contributed by atoms with E-state index in [9.17, 15) is 4.79 Å². The van der Waals surface area contributed by atoms with Crippen LogP contribution in [0.25, 0.3) is 16.0 Å². The molecule has 0 unspecified atom stereocenters. The highest BCUT2D eigenvalue weighted by Gasteiger charge is 2.23. The third-order valence-corrected chi connectivity index (χ3v) is 5.48. The molecule has 0 radical (unpaired) electrons. The summed E-state index contributed by atoms with van der Waals surface area (Å²) in [5.41, 5.74) is 10.9. The van der Waals surface area contributed by atoms with Crippen LogP contribution in [0.4, 0.5) is 11.4 Å². The number of nitrogens with zero attached hydrogens (tertiary/aromatic N) is 5. The molecule has 1 atom stereocenters. The van der Waals surface area contributed by atoms with E-state index in [1.807, 2.05) is 31.2 Å². The quantitative estimate of drug-likeness (QED) is 0.713. The number of piperidine rings is 1. The molecule has 1 aliphatic rings. The van der Waals surface area contributed by atoms with Crippen LogP contribution in [-0.4, -0.2) is 33.2 Å². The van der Waals surface area contributed by atoms with E-state index in [-0.39, 0.29) is 11.7 Å². The second kappa shape index (κ2) is 7.13. The highest BCUT2D eigenvalue weighted by Crippen LogP contribution is 2.29. The second-order valence-electron chi connectivity index (χ2n) is 7.52. The zero-order valence-electron chi connectivity index (χ0n) is 16.2. The highest BCUT2D eigenvalue weighted by molar-refractivity contribution is 5.87. The zero-order chi connectivity index (χ0) is 19.8. The van der Waals surface area contributed by atoms with Crippen LogP contribution in [-0.2, 0) is 13.6 Å². The molecule has 1 fully saturated rings. The van der Waals surface area contributed by atoms with E-state index >= 15 is 0 Å². The first-order chi connectivity index (χ1) is 13.5. The predicted octanol–water partition coefficient (Wildman–Crippen LogP) is 2.57. The molecule has 28 heavy (non-hydrogen) atoms. The first kappa shape index (κ1) is 18.3. The van der Waals surface area contributed by atoms with E-state index in [2.05, 4.69) is 14.7 Å². The molecular weight excluding hydrogens is 352 g/mol. The normalized spacial score (nSPS) is 17.1. The molecule has 1 saturated heterocycles. The molecule has 3 aromatic rings. The minimum Gasteiger partial charge on any atom is -0.368 e. The summed E-state index contributed by atoms with van der Waals surface area (Å²) in [6.45, 7) is 11.5. The van der Waals surface area contributed by atoms with Crippen LogP contribution in [0, 0.1) is 13.5 Å². The van der Waals surface area contributed by atoms with E-state index in [1.54, 1.807) is 22.4 Å². The molecule has 2 N–H and O–H groups in total. The van der Waals surface area contributed by atoms with Gasteiger partial charge in [-0.15, -0.1) is 0 Å². The van der Waals surface area contributed by atoms with Crippen molar-refractivity contribution in [2.24, 2.45) is 12.8 Å². The summed E-state index contributed by atoms with van der Waals surface area (Å²) in [6, 6.07) is 7.86. The summed E-state index contributed by atoms with van der Waals surface area (Å²) >= 11 is 0. The minimum atomic E-state index is -0.132. The Morgan fingerprint density at radius 3 is 2.93 bits per heavy atom. The Kier molecular flexibility index (Phi) is 4.65. The van der Waals surface area contributed by atoms with Gasteiger partial charge in [0.1, 0.15) is 5.52 Å². The van der Waals surface area contributed by atoms with Crippen molar-refractivity contribution in [3.8, 4) is 0 Å². The molecule has 0 spiro atoms. The van der Waals surface area contributed by atoms with Crippen molar-refractivity contribution < 1.29 is 0 Å². The van der Waals surface area contributed by atoms with Crippen LogP contribution in [0.1, 0.15) is 24.0 Å². The Hall–Kier alpha value is -3.11. The standard InChI is InChI=1S/C21H24N6O/c1-14-6-7-15(17(11-14)23-2)12-27-19-18(26-10-4-5-16(22)13-26)8-9-24-20(19)25(3)21(27)28/h6-9,11,16H,4-5,10,12-13,22H2,1,3H3/t16-/m1/s1. The lowest BCUT2D eigenvalue weighted by Crippen LogP contribution is -2.43. The Morgan fingerprint density at radius 1 is 1.36 bits per heavy atom. The fourth-order valence-corrected chi connectivity index (χ4v) is 4.02. The molecule has 7 nitrogen and oxygen atoms in total. The lowest BCUT2D eigenvalue weighted by molar-refractivity contribution is 0.506. The van der Waals surface area contributed by atoms with E-state index in [1.165, 1.54) is 0 Å². The molecule has 4 rings (SSSR count). The molecular formula is C21H24N6O. The average molecular weight is 376 g/mol. The van der Waals surface area contributed by atoms with Gasteiger partial charge in [0, 0.05) is 38.9 Å². The number of fused-ring (bicyclic) bond motifs is 1. The summed E-state index contributed by atoms with van der Waals surface area (Å²) in [5, 5.41) is 0. The Labute approximate surface area is 163 Å². The van der Waals surface area contributed by atoms with Crippen LogP contribution in [0.5, 0.6) is 0 Å². The summed E-state index contributed by atoms with van der Waals surface area (Å²) in [7, 11) is 1.74. The van der Waals surface area contributed by atoms with Crippen molar-refractivity contribution in [1.29, 1.82) is 0 Å². The number of aromatic nitrogens is 3. The van der Waals surface area contributed by atoms with E-state index < -0.39 is 0 Å². The van der Waals surface area contributed by atoms with Crippen molar-refractivity contribution >= 4 is 22.5 Å². The third kappa shape index (κ3) is 3.06. The Morgan fingerprint density at radius 2 is 2.18 bits per heavy atom. The van der Waals surface area contributed by atoms with Gasteiger partial charge in [-0.05, 0) is 31.4 Å². The van der Waals surface area contributed by atoms with Crippen LogP contribution < -0.4 is 16.3 Å². The number of hydrogen-bond donors (Lipinski definition) is 1. The van der Waals surface area contributed by atoms with E-state index in [4.69, 9.17) is 12.3 Å². The topological polar surface area (TPSA) is 73.4 Å². The number of aryl methyl sites for hydroxylation is 2. The second-order valence-corrected chi connectivity index (χ2v) is 7.52. The maximum atomic E-state index is 13.0. The number of pyridine rings is 1. The Bertz CT molecular complexity index is 1140. The maximum absolute atomic E-state index is 13.0. The van der Waals surface area contributed by atoms with Gasteiger partial charge < -0.3 is 10.6 Å². The monoisotopic (exact) mass is 376 g/mol. The van der Waals surface area contributed by atoms with Crippen LogP contribution in [0.2, 0.25) is 0 Å². The maximum Gasteiger partial charge on any atom is 0.330 e. The van der Waals surface area contributed by atoms with Gasteiger partial charge in [0.2, 0.25) is 0 Å². The van der Waals surface area contributed by atoms with Gasteiger partial charge in [-0.2, -0.15) is 0 Å². The molecule has 144 valence electrons. The fourth-order valence-electron chi connectivity index (χ4n) is 4.02. The molecule has 2 aromatic heterocycles. The van der Waals surface area contributed by atoms with Gasteiger partial charge in [0.25, 0.3) is 0 Å². The first-order valence-electron chi connectivity index (χ1n) is 9.51. The molecule has 7 heteroatoms. The first-order valence-corrected chi connectivity index (χ1v) is 9.51. The third-order valence-electron chi connectivity index (χ3n) is 5.48. The molecule has 0 bridgehead atoms. The summed E-state index contributed by atoms with van der Waals surface area (Å²) in [6.07, 6.45) is 3.80. The summed E-state index contributed by atoms with van der Waals surface area (Å²) < 4.78 is 3.31. The molecule has 1 aromatic carbocycles. The van der Waals surface area contributed by atoms with Crippen molar-refractivity contribution in [2.45, 2.75) is 32.4 Å². The van der Waals surface area contributed by atoms with E-state index in [0.29, 0.717) is 17.9 Å². The number of imidazole rings is 1.